The Morgan fingerprint density at radius 1 is 1.43 bits per heavy atom. The molecule has 0 amide bonds. The highest BCUT2D eigenvalue weighted by Crippen LogP contribution is 2.19. The lowest BCUT2D eigenvalue weighted by Gasteiger charge is -1.87. The fraction of sp³-hybridized carbons (Fsp3) is 0.200. The molecule has 0 spiro atoms. The van der Waals surface area contributed by atoms with Gasteiger partial charge in [0, 0.05) is 0 Å². The number of aldehydes is 1. The van der Waals surface area contributed by atoms with Crippen LogP contribution in [0.2, 0.25) is 0 Å². The van der Waals surface area contributed by atoms with Gasteiger partial charge in [0.25, 0.3) is 0 Å². The number of nitrogens with zero attached hydrogens (tertiary/aromatic N) is 1. The molecule has 2 aromatic rings. The van der Waals surface area contributed by atoms with E-state index >= 15 is 0 Å². The van der Waals surface area contributed by atoms with E-state index in [1.807, 2.05) is 13.8 Å². The lowest BCUT2D eigenvalue weighted by atomic mass is 10.4. The van der Waals surface area contributed by atoms with Crippen LogP contribution in [0.4, 0.5) is 0 Å². The van der Waals surface area contributed by atoms with Gasteiger partial charge in [-0.2, -0.15) is 0 Å². The van der Waals surface area contributed by atoms with Crippen LogP contribution in [0.5, 0.6) is 0 Å². The highest BCUT2D eigenvalue weighted by molar-refractivity contribution is 5.74. The summed E-state index contributed by atoms with van der Waals surface area (Å²) in [6.07, 6.45) is 0.756. The van der Waals surface area contributed by atoms with E-state index < -0.39 is 0 Å². The first kappa shape index (κ1) is 8.74. The van der Waals surface area contributed by atoms with Crippen molar-refractivity contribution in [3.8, 4) is 11.6 Å². The second kappa shape index (κ2) is 3.14. The molecule has 0 aliphatic rings. The number of carbonyl (C=O) groups is 1. The Balaban J connectivity index is 2.43. The SMILES string of the molecule is Cc1nc(-c2ccc(C=O)[nH]2)oc1C. The molecular formula is C10H10N2O2. The third kappa shape index (κ3) is 1.35. The zero-order valence-electron chi connectivity index (χ0n) is 8.00. The van der Waals surface area contributed by atoms with Crippen molar-refractivity contribution in [3.63, 3.8) is 0 Å². The topological polar surface area (TPSA) is 58.9 Å². The summed E-state index contributed by atoms with van der Waals surface area (Å²) < 4.78 is 5.40. The Morgan fingerprint density at radius 3 is 2.71 bits per heavy atom. The fourth-order valence-electron chi connectivity index (χ4n) is 1.19. The van der Waals surface area contributed by atoms with E-state index in [4.69, 9.17) is 4.42 Å². The van der Waals surface area contributed by atoms with Gasteiger partial charge in [-0.1, -0.05) is 0 Å². The molecule has 0 atom stereocenters. The van der Waals surface area contributed by atoms with Crippen molar-refractivity contribution in [2.75, 3.05) is 0 Å². The van der Waals surface area contributed by atoms with Crippen LogP contribution in [0, 0.1) is 13.8 Å². The summed E-state index contributed by atoms with van der Waals surface area (Å²) in [6.45, 7) is 3.74. The zero-order chi connectivity index (χ0) is 10.1. The Kier molecular flexibility index (Phi) is 1.96. The number of aromatic nitrogens is 2. The quantitative estimate of drug-likeness (QED) is 0.737. The summed E-state index contributed by atoms with van der Waals surface area (Å²) in [5, 5.41) is 0. The van der Waals surface area contributed by atoms with Gasteiger partial charge in [0.2, 0.25) is 5.89 Å². The Bertz CT molecular complexity index is 449. The van der Waals surface area contributed by atoms with Crippen molar-refractivity contribution in [1.82, 2.24) is 9.97 Å². The third-order valence-corrected chi connectivity index (χ3v) is 2.09. The van der Waals surface area contributed by atoms with E-state index in [2.05, 4.69) is 9.97 Å². The maximum Gasteiger partial charge on any atom is 0.243 e. The molecule has 14 heavy (non-hydrogen) atoms. The van der Waals surface area contributed by atoms with Gasteiger partial charge in [0.05, 0.1) is 11.4 Å². The Hall–Kier alpha value is -1.84. The summed E-state index contributed by atoms with van der Waals surface area (Å²) in [7, 11) is 0. The van der Waals surface area contributed by atoms with Crippen LogP contribution < -0.4 is 0 Å². The van der Waals surface area contributed by atoms with Gasteiger partial charge in [-0.25, -0.2) is 4.98 Å². The maximum atomic E-state index is 10.4. The standard InChI is InChI=1S/C10H10N2O2/c1-6-7(2)14-10(11-6)9-4-3-8(5-13)12-9/h3-5,12H,1-2H3. The second-order valence-electron chi connectivity index (χ2n) is 3.11. The lowest BCUT2D eigenvalue weighted by molar-refractivity contribution is 0.111. The second-order valence-corrected chi connectivity index (χ2v) is 3.11. The zero-order valence-corrected chi connectivity index (χ0v) is 8.00. The number of H-pyrrole nitrogens is 1. The molecule has 0 fully saturated rings. The van der Waals surface area contributed by atoms with E-state index in [9.17, 15) is 4.79 Å². The summed E-state index contributed by atoms with van der Waals surface area (Å²) >= 11 is 0. The molecule has 1 N–H and O–H groups in total. The molecule has 4 heteroatoms. The van der Waals surface area contributed by atoms with E-state index in [1.54, 1.807) is 12.1 Å². The van der Waals surface area contributed by atoms with Crippen molar-refractivity contribution in [3.05, 3.63) is 29.3 Å². The van der Waals surface area contributed by atoms with Crippen LogP contribution in [0.1, 0.15) is 21.9 Å². The molecule has 0 bridgehead atoms. The van der Waals surface area contributed by atoms with Crippen LogP contribution in [0.15, 0.2) is 16.5 Å². The maximum absolute atomic E-state index is 10.4. The van der Waals surface area contributed by atoms with Crippen molar-refractivity contribution < 1.29 is 9.21 Å². The van der Waals surface area contributed by atoms with Gasteiger partial charge >= 0.3 is 0 Å². The van der Waals surface area contributed by atoms with E-state index in [0.717, 1.165) is 23.4 Å². The molecule has 0 aromatic carbocycles. The summed E-state index contributed by atoms with van der Waals surface area (Å²) in [5.74, 6) is 1.32. The minimum Gasteiger partial charge on any atom is -0.440 e. The average molecular weight is 190 g/mol. The van der Waals surface area contributed by atoms with E-state index in [0.29, 0.717) is 11.6 Å². The molecule has 0 saturated carbocycles. The predicted molar refractivity (Wildman–Crippen MR) is 51.2 cm³/mol. The van der Waals surface area contributed by atoms with Crippen LogP contribution >= 0.6 is 0 Å². The van der Waals surface area contributed by atoms with E-state index in [-0.39, 0.29) is 0 Å². The average Bonchev–Trinajstić information content (AvgIpc) is 2.74. The molecule has 72 valence electrons. The third-order valence-electron chi connectivity index (χ3n) is 2.09. The summed E-state index contributed by atoms with van der Waals surface area (Å²) in [4.78, 5) is 17.6. The Morgan fingerprint density at radius 2 is 2.21 bits per heavy atom. The van der Waals surface area contributed by atoms with Crippen LogP contribution in [-0.4, -0.2) is 16.3 Å². The number of aromatic amines is 1. The highest BCUT2D eigenvalue weighted by atomic mass is 16.4. The number of nitrogens with one attached hydrogen (secondary N) is 1. The normalized spacial score (nSPS) is 10.4. The van der Waals surface area contributed by atoms with Crippen molar-refractivity contribution >= 4 is 6.29 Å². The molecule has 2 aromatic heterocycles. The number of oxazole rings is 1. The molecule has 2 rings (SSSR count). The summed E-state index contributed by atoms with van der Waals surface area (Å²) in [6, 6.07) is 3.46. The van der Waals surface area contributed by atoms with Crippen molar-refractivity contribution in [2.45, 2.75) is 13.8 Å². The summed E-state index contributed by atoms with van der Waals surface area (Å²) in [5.41, 5.74) is 2.11. The monoisotopic (exact) mass is 190 g/mol. The molecule has 2 heterocycles. The fourth-order valence-corrected chi connectivity index (χ4v) is 1.19. The number of aryl methyl sites for hydroxylation is 2. The van der Waals surface area contributed by atoms with Gasteiger partial charge in [0.1, 0.15) is 11.5 Å². The first-order valence-corrected chi connectivity index (χ1v) is 4.29. The van der Waals surface area contributed by atoms with Crippen molar-refractivity contribution in [2.24, 2.45) is 0 Å². The largest absolute Gasteiger partial charge is 0.440 e. The number of carbonyl (C=O) groups excluding carboxylic acids is 1. The van der Waals surface area contributed by atoms with Gasteiger partial charge in [-0.3, -0.25) is 4.79 Å². The van der Waals surface area contributed by atoms with Gasteiger partial charge < -0.3 is 9.40 Å². The number of hydrogen-bond acceptors (Lipinski definition) is 3. The minimum absolute atomic E-state index is 0.521. The minimum atomic E-state index is 0.521. The molecule has 0 aliphatic heterocycles. The molecule has 0 aliphatic carbocycles. The Labute approximate surface area is 81.0 Å². The number of rotatable bonds is 2. The van der Waals surface area contributed by atoms with E-state index in [1.165, 1.54) is 0 Å². The molecule has 0 saturated heterocycles. The van der Waals surface area contributed by atoms with Gasteiger partial charge in [-0.15, -0.1) is 0 Å². The first-order chi connectivity index (χ1) is 6.70. The molecule has 0 unspecified atom stereocenters. The molecule has 4 nitrogen and oxygen atoms in total. The lowest BCUT2D eigenvalue weighted by Crippen LogP contribution is -1.80. The van der Waals surface area contributed by atoms with Gasteiger partial charge in [-0.05, 0) is 26.0 Å². The van der Waals surface area contributed by atoms with Crippen molar-refractivity contribution in [1.29, 1.82) is 0 Å². The number of hydrogen-bond donors (Lipinski definition) is 1. The molecule has 0 radical (unpaired) electrons. The van der Waals surface area contributed by atoms with Crippen LogP contribution in [0.25, 0.3) is 11.6 Å². The van der Waals surface area contributed by atoms with Crippen LogP contribution in [-0.2, 0) is 0 Å². The predicted octanol–water partition coefficient (Wildman–Crippen LogP) is 2.10. The van der Waals surface area contributed by atoms with Gasteiger partial charge in [0.15, 0.2) is 6.29 Å². The van der Waals surface area contributed by atoms with Crippen LogP contribution in [0.3, 0.4) is 0 Å². The first-order valence-electron chi connectivity index (χ1n) is 4.29. The molecular weight excluding hydrogens is 180 g/mol. The highest BCUT2D eigenvalue weighted by Gasteiger charge is 2.09. The smallest absolute Gasteiger partial charge is 0.243 e.